The van der Waals surface area contributed by atoms with Gasteiger partial charge in [-0.15, -0.1) is 13.2 Å². The number of aryl methyl sites for hydroxylation is 1. The van der Waals surface area contributed by atoms with E-state index in [2.05, 4.69) is 4.74 Å². The average molecular weight is 442 g/mol. The third kappa shape index (κ3) is 5.99. The summed E-state index contributed by atoms with van der Waals surface area (Å²) in [5.41, 5.74) is -0.269. The first-order chi connectivity index (χ1) is 12.7. The number of alkyl halides is 3. The fraction of sp³-hybridized carbons (Fsp3) is 0.188. The molecule has 1 N–H and O–H groups in total. The number of ether oxygens (including phenoxy) is 2. The Balaban J connectivity index is 2.27. The lowest BCUT2D eigenvalue weighted by Gasteiger charge is -2.14. The number of amides is 1. The first-order valence-corrected chi connectivity index (χ1v) is 9.57. The summed E-state index contributed by atoms with van der Waals surface area (Å²) >= 11 is 5.71. The Morgan fingerprint density at radius 1 is 1.14 bits per heavy atom. The second kappa shape index (κ2) is 7.84. The Labute approximate surface area is 162 Å². The van der Waals surface area contributed by atoms with Crippen LogP contribution in [0.4, 0.5) is 17.6 Å². The zero-order valence-corrected chi connectivity index (χ0v) is 15.8. The van der Waals surface area contributed by atoms with Crippen LogP contribution >= 0.6 is 11.6 Å². The molecule has 0 saturated heterocycles. The molecule has 2 aromatic carbocycles. The molecule has 0 aromatic heterocycles. The summed E-state index contributed by atoms with van der Waals surface area (Å²) in [5, 5.41) is -0.392. The van der Waals surface area contributed by atoms with Gasteiger partial charge in [0.15, 0.2) is 0 Å². The van der Waals surface area contributed by atoms with E-state index >= 15 is 0 Å². The Bertz CT molecular complexity index is 1020. The number of sulfonamides is 1. The normalized spacial score (nSPS) is 11.8. The monoisotopic (exact) mass is 441 g/mol. The predicted molar refractivity (Wildman–Crippen MR) is 91.7 cm³/mol. The minimum absolute atomic E-state index is 0.0182. The molecule has 0 aliphatic heterocycles. The van der Waals surface area contributed by atoms with Crippen molar-refractivity contribution in [2.45, 2.75) is 13.3 Å². The van der Waals surface area contributed by atoms with E-state index in [4.69, 9.17) is 16.3 Å². The fourth-order valence-electron chi connectivity index (χ4n) is 2.05. The molecule has 0 aliphatic rings. The van der Waals surface area contributed by atoms with Crippen LogP contribution < -0.4 is 14.2 Å². The van der Waals surface area contributed by atoms with E-state index in [0.29, 0.717) is 0 Å². The van der Waals surface area contributed by atoms with Crippen LogP contribution in [0.1, 0.15) is 15.9 Å². The van der Waals surface area contributed by atoms with Crippen LogP contribution in [0.15, 0.2) is 30.3 Å². The molecule has 152 valence electrons. The molecule has 0 saturated carbocycles. The topological polar surface area (TPSA) is 81.7 Å². The van der Waals surface area contributed by atoms with Gasteiger partial charge in [-0.25, -0.2) is 17.5 Å². The van der Waals surface area contributed by atoms with Crippen molar-refractivity contribution in [3.63, 3.8) is 0 Å². The number of carbonyl (C=O) groups is 1. The van der Waals surface area contributed by atoms with E-state index in [9.17, 15) is 30.8 Å². The zero-order valence-electron chi connectivity index (χ0n) is 14.2. The summed E-state index contributed by atoms with van der Waals surface area (Å²) in [5.74, 6) is -2.95. The second-order valence-corrected chi connectivity index (χ2v) is 7.70. The molecular weight excluding hydrogens is 430 g/mol. The zero-order chi connectivity index (χ0) is 21.3. The van der Waals surface area contributed by atoms with Gasteiger partial charge in [-0.2, -0.15) is 0 Å². The van der Waals surface area contributed by atoms with Crippen molar-refractivity contribution in [1.82, 2.24) is 4.72 Å². The summed E-state index contributed by atoms with van der Waals surface area (Å²) in [6, 6.07) is 4.97. The lowest BCUT2D eigenvalue weighted by atomic mass is 10.1. The quantitative estimate of drug-likeness (QED) is 0.704. The largest absolute Gasteiger partial charge is 0.573 e. The van der Waals surface area contributed by atoms with Crippen LogP contribution in [0.2, 0.25) is 5.02 Å². The lowest BCUT2D eigenvalue weighted by molar-refractivity contribution is -0.274. The highest BCUT2D eigenvalue weighted by molar-refractivity contribution is 7.89. The maximum Gasteiger partial charge on any atom is 0.573 e. The summed E-state index contributed by atoms with van der Waals surface area (Å²) < 4.78 is 83.8. The molecular formula is C16H12ClF4NO5S. The number of benzene rings is 2. The van der Waals surface area contributed by atoms with E-state index < -0.39 is 44.4 Å². The van der Waals surface area contributed by atoms with Crippen LogP contribution in [0.3, 0.4) is 0 Å². The summed E-state index contributed by atoms with van der Waals surface area (Å²) in [6.45, 7) is 1.45. The first-order valence-electron chi connectivity index (χ1n) is 7.30. The number of nitrogens with one attached hydrogen (secondary N) is 1. The number of rotatable bonds is 5. The van der Waals surface area contributed by atoms with Gasteiger partial charge >= 0.3 is 6.36 Å². The molecule has 6 nitrogen and oxygen atoms in total. The Hall–Kier alpha value is -2.53. The van der Waals surface area contributed by atoms with Crippen molar-refractivity contribution in [3.8, 4) is 17.2 Å². The fourth-order valence-corrected chi connectivity index (χ4v) is 2.71. The molecule has 12 heteroatoms. The molecule has 0 spiro atoms. The molecule has 28 heavy (non-hydrogen) atoms. The van der Waals surface area contributed by atoms with Gasteiger partial charge in [-0.05, 0) is 30.7 Å². The smallest absolute Gasteiger partial charge is 0.457 e. The van der Waals surface area contributed by atoms with Gasteiger partial charge in [-0.3, -0.25) is 4.79 Å². The van der Waals surface area contributed by atoms with Gasteiger partial charge in [-0.1, -0.05) is 11.6 Å². The van der Waals surface area contributed by atoms with Crippen LogP contribution in [0.5, 0.6) is 17.2 Å². The van der Waals surface area contributed by atoms with Crippen molar-refractivity contribution >= 4 is 27.5 Å². The standard InChI is InChI=1S/C16H12ClF4NO5S/c1-8-5-10(15(23)22-28(2,24)25)12(18)7-14(8)26-9-3-4-13(11(17)6-9)27-16(19,20)21/h3-7H,1-2H3,(H,22,23). The molecule has 0 fully saturated rings. The van der Waals surface area contributed by atoms with Crippen molar-refractivity contribution in [1.29, 1.82) is 0 Å². The van der Waals surface area contributed by atoms with E-state index in [1.807, 2.05) is 0 Å². The van der Waals surface area contributed by atoms with Crippen LogP contribution in [-0.2, 0) is 10.0 Å². The van der Waals surface area contributed by atoms with E-state index in [0.717, 1.165) is 36.6 Å². The van der Waals surface area contributed by atoms with Gasteiger partial charge < -0.3 is 9.47 Å². The van der Waals surface area contributed by atoms with Gasteiger partial charge in [0.2, 0.25) is 10.0 Å². The van der Waals surface area contributed by atoms with Gasteiger partial charge in [0, 0.05) is 12.1 Å². The average Bonchev–Trinajstić information content (AvgIpc) is 2.50. The van der Waals surface area contributed by atoms with Gasteiger partial charge in [0.05, 0.1) is 16.8 Å². The highest BCUT2D eigenvalue weighted by Gasteiger charge is 2.32. The Morgan fingerprint density at radius 2 is 1.79 bits per heavy atom. The number of halogens is 5. The van der Waals surface area contributed by atoms with Gasteiger partial charge in [0.25, 0.3) is 5.91 Å². The van der Waals surface area contributed by atoms with Crippen molar-refractivity contribution in [2.24, 2.45) is 0 Å². The highest BCUT2D eigenvalue weighted by atomic mass is 35.5. The SMILES string of the molecule is Cc1cc(C(=O)NS(C)(=O)=O)c(F)cc1Oc1ccc(OC(F)(F)F)c(Cl)c1. The van der Waals surface area contributed by atoms with Crippen molar-refractivity contribution in [3.05, 3.63) is 52.3 Å². The molecule has 0 aliphatic carbocycles. The molecule has 0 unspecified atom stereocenters. The molecule has 2 aromatic rings. The predicted octanol–water partition coefficient (Wildman–Crippen LogP) is 4.17. The second-order valence-electron chi connectivity index (χ2n) is 5.54. The van der Waals surface area contributed by atoms with E-state index in [-0.39, 0.29) is 17.1 Å². The summed E-state index contributed by atoms with van der Waals surface area (Å²) in [6.07, 6.45) is -4.18. The summed E-state index contributed by atoms with van der Waals surface area (Å²) in [4.78, 5) is 11.8. The molecule has 0 heterocycles. The first kappa shape index (κ1) is 21.8. The third-order valence-electron chi connectivity index (χ3n) is 3.14. The summed E-state index contributed by atoms with van der Waals surface area (Å²) in [7, 11) is -3.89. The van der Waals surface area contributed by atoms with Crippen LogP contribution in [0, 0.1) is 12.7 Å². The minimum Gasteiger partial charge on any atom is -0.457 e. The highest BCUT2D eigenvalue weighted by Crippen LogP contribution is 2.35. The third-order valence-corrected chi connectivity index (χ3v) is 4.00. The maximum absolute atomic E-state index is 14.2. The molecule has 1 amide bonds. The molecule has 2 rings (SSSR count). The van der Waals surface area contributed by atoms with Crippen LogP contribution in [0.25, 0.3) is 0 Å². The Morgan fingerprint density at radius 3 is 2.32 bits per heavy atom. The number of hydrogen-bond acceptors (Lipinski definition) is 5. The molecule has 0 radical (unpaired) electrons. The van der Waals surface area contributed by atoms with Crippen molar-refractivity contribution < 1.29 is 40.2 Å². The molecule has 0 bridgehead atoms. The number of carbonyl (C=O) groups excluding carboxylic acids is 1. The Kier molecular flexibility index (Phi) is 6.09. The van der Waals surface area contributed by atoms with E-state index in [1.165, 1.54) is 6.92 Å². The van der Waals surface area contributed by atoms with E-state index in [1.54, 1.807) is 4.72 Å². The van der Waals surface area contributed by atoms with Gasteiger partial charge in [0.1, 0.15) is 23.1 Å². The lowest BCUT2D eigenvalue weighted by Crippen LogP contribution is -2.30. The molecule has 0 atom stereocenters. The minimum atomic E-state index is -4.92. The maximum atomic E-state index is 14.2. The van der Waals surface area contributed by atoms with Crippen LogP contribution in [-0.4, -0.2) is 26.9 Å². The van der Waals surface area contributed by atoms with Crippen molar-refractivity contribution in [2.75, 3.05) is 6.26 Å². The number of hydrogen-bond donors (Lipinski definition) is 1.